The van der Waals surface area contributed by atoms with E-state index in [0.29, 0.717) is 19.6 Å². The Bertz CT molecular complexity index is 1230. The number of nitrogens with zero attached hydrogens (tertiary/aromatic N) is 2. The van der Waals surface area contributed by atoms with Crippen LogP contribution in [0.1, 0.15) is 39.0 Å². The first-order chi connectivity index (χ1) is 17.2. The predicted molar refractivity (Wildman–Crippen MR) is 149 cm³/mol. The first kappa shape index (κ1) is 29.1. The van der Waals surface area contributed by atoms with Gasteiger partial charge in [-0.1, -0.05) is 39.1 Å². The van der Waals surface area contributed by atoms with Crippen LogP contribution in [0.4, 0.5) is 0 Å². The summed E-state index contributed by atoms with van der Waals surface area (Å²) in [4.78, 5) is 16.6. The summed E-state index contributed by atoms with van der Waals surface area (Å²) in [6, 6.07) is 12.0. The van der Waals surface area contributed by atoms with Gasteiger partial charge in [-0.3, -0.25) is 4.79 Å². The molecule has 0 saturated carbocycles. The van der Waals surface area contributed by atoms with E-state index in [4.69, 9.17) is 9.84 Å². The Labute approximate surface area is 218 Å². The monoisotopic (exact) mass is 507 g/mol. The summed E-state index contributed by atoms with van der Waals surface area (Å²) in [5.41, 5.74) is 1.41. The number of aliphatic hydroxyl groups excluding tert-OH is 1. The lowest BCUT2D eigenvalue weighted by Crippen LogP contribution is -2.44. The normalized spacial score (nSPS) is 14.5. The molecular formula is C29H37N3O3S. The van der Waals surface area contributed by atoms with Crippen LogP contribution in [-0.2, 0) is 9.53 Å². The summed E-state index contributed by atoms with van der Waals surface area (Å²) >= 11 is 1.50. The highest BCUT2D eigenvalue weighted by Gasteiger charge is 2.22. The average molecular weight is 508 g/mol. The van der Waals surface area contributed by atoms with Crippen LogP contribution in [0, 0.1) is 11.3 Å². The Morgan fingerprint density at radius 1 is 1.28 bits per heavy atom. The van der Waals surface area contributed by atoms with Crippen molar-refractivity contribution in [3.05, 3.63) is 63.5 Å². The largest absolute Gasteiger partial charge is 0.396 e. The molecule has 7 heteroatoms. The molecule has 3 rings (SSSR count). The first-order valence-corrected chi connectivity index (χ1v) is 13.0. The zero-order valence-corrected chi connectivity index (χ0v) is 22.6. The van der Waals surface area contributed by atoms with E-state index in [9.17, 15) is 10.1 Å². The molecule has 0 atom stereocenters. The van der Waals surface area contributed by atoms with E-state index < -0.39 is 11.4 Å². The van der Waals surface area contributed by atoms with Gasteiger partial charge in [-0.2, -0.15) is 5.26 Å². The van der Waals surface area contributed by atoms with E-state index in [2.05, 4.69) is 29.5 Å². The predicted octanol–water partition coefficient (Wildman–Crippen LogP) is 3.66. The number of ether oxygens (including phenoxy) is 1. The molecule has 1 aliphatic heterocycles. The van der Waals surface area contributed by atoms with E-state index in [1.807, 2.05) is 64.1 Å². The number of amides is 1. The van der Waals surface area contributed by atoms with Gasteiger partial charge in [-0.25, -0.2) is 0 Å². The molecule has 0 unspecified atom stereocenters. The summed E-state index contributed by atoms with van der Waals surface area (Å²) in [5.74, 6) is -0.448. The fraction of sp³-hybridized carbons (Fsp3) is 0.379. The van der Waals surface area contributed by atoms with Gasteiger partial charge in [-0.15, -0.1) is 11.3 Å². The highest BCUT2D eigenvalue weighted by Crippen LogP contribution is 2.28. The van der Waals surface area contributed by atoms with Gasteiger partial charge in [0.25, 0.3) is 5.91 Å². The molecule has 0 radical (unpaired) electrons. The molecule has 1 fully saturated rings. The van der Waals surface area contributed by atoms with Gasteiger partial charge in [0.1, 0.15) is 11.6 Å². The number of carbonyl (C=O) groups excluding carboxylic acids is 1. The lowest BCUT2D eigenvalue weighted by molar-refractivity contribution is -0.118. The maximum absolute atomic E-state index is 12.5. The molecule has 1 aromatic heterocycles. The molecule has 2 heterocycles. The van der Waals surface area contributed by atoms with Crippen molar-refractivity contribution in [2.24, 2.45) is 0 Å². The van der Waals surface area contributed by atoms with Crippen LogP contribution < -0.4 is 15.8 Å². The van der Waals surface area contributed by atoms with Gasteiger partial charge in [-0.05, 0) is 66.6 Å². The third-order valence-corrected chi connectivity index (χ3v) is 6.72. The van der Waals surface area contributed by atoms with E-state index >= 15 is 0 Å². The molecule has 2 aromatic rings. The van der Waals surface area contributed by atoms with E-state index in [1.54, 1.807) is 6.08 Å². The number of aliphatic hydroxyl groups is 1. The number of morpholine rings is 1. The Kier molecular flexibility index (Phi) is 11.1. The number of nitrogens with one attached hydrogen (secondary N) is 1. The number of benzene rings is 1. The Morgan fingerprint density at radius 3 is 2.58 bits per heavy atom. The number of carbonyl (C=O) groups is 1. The van der Waals surface area contributed by atoms with Gasteiger partial charge < -0.3 is 20.1 Å². The second-order valence-corrected chi connectivity index (χ2v) is 9.95. The van der Waals surface area contributed by atoms with Crippen LogP contribution in [0.3, 0.4) is 0 Å². The molecule has 2 N–H and O–H groups in total. The van der Waals surface area contributed by atoms with Crippen molar-refractivity contribution in [3.8, 4) is 16.5 Å². The Morgan fingerprint density at radius 2 is 1.97 bits per heavy atom. The van der Waals surface area contributed by atoms with Crippen molar-refractivity contribution in [2.45, 2.75) is 39.7 Å². The molecule has 36 heavy (non-hydrogen) atoms. The topological polar surface area (TPSA) is 85.6 Å². The number of thiophene rings is 1. The zero-order valence-electron chi connectivity index (χ0n) is 21.8. The molecule has 1 amide bonds. The summed E-state index contributed by atoms with van der Waals surface area (Å²) in [7, 11) is 0. The van der Waals surface area contributed by atoms with Gasteiger partial charge in [0.05, 0.1) is 13.2 Å². The quantitative estimate of drug-likeness (QED) is 0.421. The lowest BCUT2D eigenvalue weighted by atomic mass is 10.0. The van der Waals surface area contributed by atoms with Crippen LogP contribution in [-0.4, -0.2) is 54.4 Å². The van der Waals surface area contributed by atoms with Crippen LogP contribution in [0.5, 0.6) is 0 Å². The van der Waals surface area contributed by atoms with Crippen molar-refractivity contribution in [1.82, 2.24) is 10.2 Å². The van der Waals surface area contributed by atoms with E-state index in [0.717, 1.165) is 44.5 Å². The SMILES string of the molecule is C=C(/C=c1/ccc(-c2ccc(/C=C(\C#N)C(=O)NC(C)(C)CCO)s2)cc1=C)N1CCOCC1.CC. The number of rotatable bonds is 8. The molecular weight excluding hydrogens is 470 g/mol. The Hall–Kier alpha value is -3.18. The minimum absolute atomic E-state index is 0.0313. The average Bonchev–Trinajstić information content (AvgIpc) is 3.33. The molecule has 1 saturated heterocycles. The highest BCUT2D eigenvalue weighted by molar-refractivity contribution is 7.16. The maximum Gasteiger partial charge on any atom is 0.262 e. The van der Waals surface area contributed by atoms with Crippen molar-refractivity contribution < 1.29 is 14.6 Å². The lowest BCUT2D eigenvalue weighted by Gasteiger charge is -2.29. The fourth-order valence-electron chi connectivity index (χ4n) is 3.61. The van der Waals surface area contributed by atoms with Crippen molar-refractivity contribution >= 4 is 36.0 Å². The van der Waals surface area contributed by atoms with E-state index in [1.165, 1.54) is 11.3 Å². The fourth-order valence-corrected chi connectivity index (χ4v) is 4.56. The summed E-state index contributed by atoms with van der Waals surface area (Å²) in [6.07, 6.45) is 4.05. The van der Waals surface area contributed by atoms with Crippen LogP contribution in [0.25, 0.3) is 29.2 Å². The molecule has 1 aromatic carbocycles. The van der Waals surface area contributed by atoms with Gasteiger partial charge in [0.15, 0.2) is 0 Å². The van der Waals surface area contributed by atoms with Gasteiger partial charge >= 0.3 is 0 Å². The van der Waals surface area contributed by atoms with Crippen molar-refractivity contribution in [3.63, 3.8) is 0 Å². The molecule has 0 aliphatic carbocycles. The molecule has 0 bridgehead atoms. The van der Waals surface area contributed by atoms with Crippen LogP contribution in [0.2, 0.25) is 0 Å². The minimum atomic E-state index is -0.598. The second-order valence-electron chi connectivity index (χ2n) is 8.83. The van der Waals surface area contributed by atoms with Gasteiger partial charge in [0, 0.05) is 40.7 Å². The van der Waals surface area contributed by atoms with Crippen LogP contribution >= 0.6 is 11.3 Å². The minimum Gasteiger partial charge on any atom is -0.396 e. The third-order valence-electron chi connectivity index (χ3n) is 5.63. The number of allylic oxidation sites excluding steroid dienone is 1. The highest BCUT2D eigenvalue weighted by atomic mass is 32.1. The third kappa shape index (κ3) is 8.20. The number of nitriles is 1. The van der Waals surface area contributed by atoms with Crippen molar-refractivity contribution in [1.29, 1.82) is 5.26 Å². The number of hydrogen-bond donors (Lipinski definition) is 2. The summed E-state index contributed by atoms with van der Waals surface area (Å²) in [5, 5.41) is 23.4. The molecule has 192 valence electrons. The molecule has 0 spiro atoms. The van der Waals surface area contributed by atoms with Crippen LogP contribution in [0.15, 0.2) is 48.2 Å². The van der Waals surface area contributed by atoms with Gasteiger partial charge in [0.2, 0.25) is 0 Å². The second kappa shape index (κ2) is 13.8. The van der Waals surface area contributed by atoms with E-state index in [-0.39, 0.29) is 12.2 Å². The van der Waals surface area contributed by atoms with Crippen molar-refractivity contribution in [2.75, 3.05) is 32.9 Å². The smallest absolute Gasteiger partial charge is 0.262 e. The zero-order chi connectivity index (χ0) is 26.7. The number of hydrogen-bond acceptors (Lipinski definition) is 6. The summed E-state index contributed by atoms with van der Waals surface area (Å²) < 4.78 is 5.40. The standard InChI is InChI=1S/C27H31N3O3S.C2H6/c1-19-15-22(6-5-21(19)16-20(2)30-10-13-33-14-11-30)25-8-7-24(34-25)17-23(18-28)26(32)29-27(3,4)9-12-31;1-2/h5-8,15-17,31H,1-2,9-14H2,3-4H3,(H,29,32);1-2H3/b21-16-,23-17+;. The Balaban J connectivity index is 0.00000222. The molecule has 1 aliphatic rings. The maximum atomic E-state index is 12.5. The summed E-state index contributed by atoms with van der Waals surface area (Å²) in [6.45, 7) is 19.1. The first-order valence-electron chi connectivity index (χ1n) is 12.2. The molecule has 6 nitrogen and oxygen atoms in total.